The van der Waals surface area contributed by atoms with E-state index in [4.69, 9.17) is 0 Å². The standard InChI is InChI=1S/C9H12N.Y/c1-6-5-10-9(4)8(3)7(6)2;/h1-4H3;/q-1;. The molecular weight excluding hydrogens is 211 g/mol. The summed E-state index contributed by atoms with van der Waals surface area (Å²) in [6.07, 6.45) is 2.96. The van der Waals surface area contributed by atoms with Gasteiger partial charge >= 0.3 is 0 Å². The molecule has 0 aliphatic carbocycles. The van der Waals surface area contributed by atoms with Crippen molar-refractivity contribution in [2.24, 2.45) is 0 Å². The number of pyridine rings is 1. The zero-order valence-corrected chi connectivity index (χ0v) is 10.4. The van der Waals surface area contributed by atoms with Gasteiger partial charge in [-0.15, -0.1) is 11.1 Å². The molecule has 0 amide bonds. The van der Waals surface area contributed by atoms with Crippen molar-refractivity contribution in [3.05, 3.63) is 28.6 Å². The molecule has 0 unspecified atom stereocenters. The van der Waals surface area contributed by atoms with Gasteiger partial charge in [0.05, 0.1) is 0 Å². The fourth-order valence-corrected chi connectivity index (χ4v) is 0.888. The van der Waals surface area contributed by atoms with Gasteiger partial charge in [-0.1, -0.05) is 39.6 Å². The van der Waals surface area contributed by atoms with Crippen LogP contribution in [0.5, 0.6) is 0 Å². The summed E-state index contributed by atoms with van der Waals surface area (Å²) in [7, 11) is 0. The molecule has 57 valence electrons. The summed E-state index contributed by atoms with van der Waals surface area (Å²) in [5.41, 5.74) is 4.84. The molecule has 1 rings (SSSR count). The van der Waals surface area contributed by atoms with Crippen molar-refractivity contribution in [2.75, 3.05) is 0 Å². The maximum atomic E-state index is 4.11. The number of hydrogen-bond donors (Lipinski definition) is 0. The van der Waals surface area contributed by atoms with Crippen LogP contribution < -0.4 is 0 Å². The van der Waals surface area contributed by atoms with Crippen LogP contribution in [-0.2, 0) is 32.7 Å². The van der Waals surface area contributed by atoms with Crippen LogP contribution >= 0.6 is 0 Å². The van der Waals surface area contributed by atoms with Crippen molar-refractivity contribution in [3.8, 4) is 0 Å². The SMILES string of the molecule is Cc1[c-]nc(C)c(C)c1C.[Y]. The normalized spacial score (nSPS) is 9.09. The predicted molar refractivity (Wildman–Crippen MR) is 42.0 cm³/mol. The largest absolute Gasteiger partial charge is 0.391 e. The maximum Gasteiger partial charge on any atom is 0 e. The third-order valence-corrected chi connectivity index (χ3v) is 2.06. The number of nitrogens with zero attached hydrogens (tertiary/aromatic N) is 1. The third kappa shape index (κ3) is 2.35. The molecule has 0 aromatic carbocycles. The Morgan fingerprint density at radius 1 is 1.00 bits per heavy atom. The van der Waals surface area contributed by atoms with Gasteiger partial charge in [-0.05, 0) is 0 Å². The van der Waals surface area contributed by atoms with E-state index in [1.54, 1.807) is 0 Å². The smallest absolute Gasteiger partial charge is 0 e. The van der Waals surface area contributed by atoms with E-state index < -0.39 is 0 Å². The number of rotatable bonds is 0. The first-order chi connectivity index (χ1) is 4.63. The Hall–Kier alpha value is 0.254. The van der Waals surface area contributed by atoms with E-state index in [2.05, 4.69) is 25.0 Å². The first kappa shape index (κ1) is 11.3. The molecule has 1 aromatic rings. The van der Waals surface area contributed by atoms with Crippen molar-refractivity contribution < 1.29 is 32.7 Å². The van der Waals surface area contributed by atoms with Gasteiger partial charge in [0.25, 0.3) is 0 Å². The first-order valence-electron chi connectivity index (χ1n) is 3.45. The van der Waals surface area contributed by atoms with Gasteiger partial charge in [0, 0.05) is 32.7 Å². The minimum atomic E-state index is 0. The van der Waals surface area contributed by atoms with Crippen LogP contribution in [0, 0.1) is 33.9 Å². The fourth-order valence-electron chi connectivity index (χ4n) is 0.888. The predicted octanol–water partition coefficient (Wildman–Crippen LogP) is 2.11. The van der Waals surface area contributed by atoms with Crippen molar-refractivity contribution in [2.45, 2.75) is 27.7 Å². The molecule has 0 aliphatic rings. The molecular formula is C9H12NY-. The summed E-state index contributed by atoms with van der Waals surface area (Å²) in [6.45, 7) is 8.25. The monoisotopic (exact) mass is 223 g/mol. The van der Waals surface area contributed by atoms with Crippen LogP contribution in [0.2, 0.25) is 0 Å². The van der Waals surface area contributed by atoms with E-state index in [-0.39, 0.29) is 32.7 Å². The van der Waals surface area contributed by atoms with Crippen LogP contribution in [0.3, 0.4) is 0 Å². The van der Waals surface area contributed by atoms with Crippen LogP contribution in [0.25, 0.3) is 0 Å². The second kappa shape index (κ2) is 4.32. The summed E-state index contributed by atoms with van der Waals surface area (Å²) in [5, 5.41) is 0. The minimum Gasteiger partial charge on any atom is -0.391 e. The van der Waals surface area contributed by atoms with E-state index in [0.29, 0.717) is 0 Å². The molecule has 0 bridgehead atoms. The van der Waals surface area contributed by atoms with Gasteiger partial charge in [-0.25, -0.2) is 0 Å². The third-order valence-electron chi connectivity index (χ3n) is 2.06. The number of aryl methyl sites for hydroxylation is 2. The van der Waals surface area contributed by atoms with Crippen molar-refractivity contribution in [1.29, 1.82) is 0 Å². The second-order valence-corrected chi connectivity index (χ2v) is 2.68. The molecule has 0 spiro atoms. The number of aromatic nitrogens is 1. The molecule has 1 heterocycles. The van der Waals surface area contributed by atoms with E-state index in [1.807, 2.05) is 13.8 Å². The van der Waals surface area contributed by atoms with Crippen molar-refractivity contribution >= 4 is 0 Å². The summed E-state index contributed by atoms with van der Waals surface area (Å²) in [4.78, 5) is 4.11. The van der Waals surface area contributed by atoms with Crippen LogP contribution in [0.15, 0.2) is 0 Å². The summed E-state index contributed by atoms with van der Waals surface area (Å²) < 4.78 is 0. The van der Waals surface area contributed by atoms with E-state index in [9.17, 15) is 0 Å². The molecule has 0 aliphatic heterocycles. The summed E-state index contributed by atoms with van der Waals surface area (Å²) in [6, 6.07) is 0. The van der Waals surface area contributed by atoms with Gasteiger partial charge in [0.2, 0.25) is 0 Å². The quantitative estimate of drug-likeness (QED) is 0.614. The Bertz CT molecular complexity index is 229. The Labute approximate surface area is 93.5 Å². The molecule has 0 fully saturated rings. The fraction of sp³-hybridized carbons (Fsp3) is 0.444. The maximum absolute atomic E-state index is 4.11. The van der Waals surface area contributed by atoms with E-state index >= 15 is 0 Å². The van der Waals surface area contributed by atoms with Crippen molar-refractivity contribution in [1.82, 2.24) is 4.98 Å². The summed E-state index contributed by atoms with van der Waals surface area (Å²) >= 11 is 0. The van der Waals surface area contributed by atoms with Crippen LogP contribution in [0.4, 0.5) is 0 Å². The molecule has 0 saturated carbocycles. The molecule has 0 atom stereocenters. The average molecular weight is 223 g/mol. The Kier molecular flexibility index (Phi) is 4.42. The molecule has 2 heteroatoms. The molecule has 11 heavy (non-hydrogen) atoms. The Morgan fingerprint density at radius 3 is 2.00 bits per heavy atom. The second-order valence-electron chi connectivity index (χ2n) is 2.68. The van der Waals surface area contributed by atoms with Gasteiger partial charge in [-0.3, -0.25) is 0 Å². The zero-order valence-electron chi connectivity index (χ0n) is 7.52. The molecule has 0 saturated heterocycles. The first-order valence-corrected chi connectivity index (χ1v) is 3.45. The zero-order chi connectivity index (χ0) is 7.72. The molecule has 0 N–H and O–H groups in total. The van der Waals surface area contributed by atoms with Crippen molar-refractivity contribution in [3.63, 3.8) is 0 Å². The van der Waals surface area contributed by atoms with Gasteiger partial charge in [0.1, 0.15) is 0 Å². The number of hydrogen-bond acceptors (Lipinski definition) is 1. The summed E-state index contributed by atoms with van der Waals surface area (Å²) in [5.74, 6) is 0. The Balaban J connectivity index is 0.000001000. The van der Waals surface area contributed by atoms with Crippen LogP contribution in [0.1, 0.15) is 22.4 Å². The van der Waals surface area contributed by atoms with E-state index in [0.717, 1.165) is 11.3 Å². The molecule has 1 radical (unpaired) electrons. The van der Waals surface area contributed by atoms with Crippen LogP contribution in [-0.4, -0.2) is 4.98 Å². The van der Waals surface area contributed by atoms with Gasteiger partial charge in [-0.2, -0.15) is 5.56 Å². The topological polar surface area (TPSA) is 12.9 Å². The van der Waals surface area contributed by atoms with Gasteiger partial charge in [0.15, 0.2) is 0 Å². The molecule has 1 nitrogen and oxygen atoms in total. The minimum absolute atomic E-state index is 0. The van der Waals surface area contributed by atoms with E-state index in [1.165, 1.54) is 11.1 Å². The molecule has 1 aromatic heterocycles. The Morgan fingerprint density at radius 2 is 1.55 bits per heavy atom. The van der Waals surface area contributed by atoms with Gasteiger partial charge < -0.3 is 4.98 Å². The average Bonchev–Trinajstić information content (AvgIpc) is 1.93.